The van der Waals surface area contributed by atoms with Crippen LogP contribution in [0.5, 0.6) is 5.75 Å². The summed E-state index contributed by atoms with van der Waals surface area (Å²) in [6.45, 7) is 0. The maximum Gasteiger partial charge on any atom is 0.573 e. The van der Waals surface area contributed by atoms with Crippen LogP contribution in [0.2, 0.25) is 10.0 Å². The number of halogens is 5. The van der Waals surface area contributed by atoms with Crippen LogP contribution < -0.4 is 10.1 Å². The van der Waals surface area contributed by atoms with Crippen LogP contribution >= 0.6 is 23.2 Å². The molecule has 0 heterocycles. The highest BCUT2D eigenvalue weighted by atomic mass is 35.5. The maximum absolute atomic E-state index is 12.3. The lowest BCUT2D eigenvalue weighted by atomic mass is 10.1. The summed E-state index contributed by atoms with van der Waals surface area (Å²) in [5.74, 6) is -1.14. The third-order valence-electron chi connectivity index (χ3n) is 3.02. The Morgan fingerprint density at radius 2 is 1.77 bits per heavy atom. The van der Waals surface area contributed by atoms with Crippen molar-refractivity contribution >= 4 is 34.7 Å². The Bertz CT molecular complexity index is 888. The predicted molar refractivity (Wildman–Crippen MR) is 91.2 cm³/mol. The lowest BCUT2D eigenvalue weighted by molar-refractivity contribution is -0.274. The molecule has 2 aromatic rings. The molecule has 0 atom stereocenters. The van der Waals surface area contributed by atoms with E-state index >= 15 is 0 Å². The Kier molecular flexibility index (Phi) is 6.14. The minimum Gasteiger partial charge on any atom is -0.406 e. The van der Waals surface area contributed by atoms with Crippen molar-refractivity contribution in [3.63, 3.8) is 0 Å². The Labute approximate surface area is 156 Å². The molecule has 0 aromatic heterocycles. The number of alkyl halides is 3. The molecule has 2 rings (SSSR count). The number of ketones is 1. The highest BCUT2D eigenvalue weighted by Gasteiger charge is 2.31. The van der Waals surface area contributed by atoms with Gasteiger partial charge in [-0.05, 0) is 42.5 Å². The summed E-state index contributed by atoms with van der Waals surface area (Å²) >= 11 is 11.7. The molecule has 26 heavy (non-hydrogen) atoms. The second-order valence-corrected chi connectivity index (χ2v) is 5.66. The molecule has 0 spiro atoms. The van der Waals surface area contributed by atoms with Crippen molar-refractivity contribution in [2.45, 2.75) is 6.36 Å². The summed E-state index contributed by atoms with van der Waals surface area (Å²) in [7, 11) is 0. The van der Waals surface area contributed by atoms with E-state index in [9.17, 15) is 18.0 Å². The third-order valence-corrected chi connectivity index (χ3v) is 3.76. The Hall–Kier alpha value is -2.69. The number of ether oxygens (including phenoxy) is 1. The number of nitrogens with one attached hydrogen (secondary N) is 1. The molecule has 0 aliphatic rings. The zero-order valence-corrected chi connectivity index (χ0v) is 14.3. The van der Waals surface area contributed by atoms with Gasteiger partial charge in [-0.25, -0.2) is 0 Å². The standard InChI is InChI=1S/C17H9Cl2F3N2O2/c18-14-6-3-12(7-15(14)19)24-9-11(8-23)16(25)10-1-4-13(5-2-10)26-17(20,21)22/h1-7,9,24H/b11-9-. The van der Waals surface area contributed by atoms with Gasteiger partial charge in [0.2, 0.25) is 5.78 Å². The number of allylic oxidation sites excluding steroid dienone is 1. The summed E-state index contributed by atoms with van der Waals surface area (Å²) in [6, 6.07) is 10.6. The van der Waals surface area contributed by atoms with Crippen molar-refractivity contribution in [3.8, 4) is 11.8 Å². The van der Waals surface area contributed by atoms with Crippen LogP contribution in [0.15, 0.2) is 54.2 Å². The number of nitrogens with zero attached hydrogens (tertiary/aromatic N) is 1. The van der Waals surface area contributed by atoms with Gasteiger partial charge in [-0.3, -0.25) is 4.79 Å². The molecule has 0 aliphatic heterocycles. The van der Waals surface area contributed by atoms with Gasteiger partial charge in [-0.1, -0.05) is 23.2 Å². The van der Waals surface area contributed by atoms with E-state index in [0.717, 1.165) is 24.3 Å². The molecule has 1 N–H and O–H groups in total. The van der Waals surface area contributed by atoms with Gasteiger partial charge in [-0.2, -0.15) is 5.26 Å². The number of anilines is 1. The van der Waals surface area contributed by atoms with Crippen LogP contribution in [0.3, 0.4) is 0 Å². The van der Waals surface area contributed by atoms with Crippen molar-refractivity contribution in [2.75, 3.05) is 5.32 Å². The molecule has 4 nitrogen and oxygen atoms in total. The number of carbonyl (C=O) groups is 1. The lowest BCUT2D eigenvalue weighted by Gasteiger charge is -2.09. The first-order valence-corrected chi connectivity index (χ1v) is 7.67. The predicted octanol–water partition coefficient (Wildman–Crippen LogP) is 5.59. The average Bonchev–Trinajstić information content (AvgIpc) is 2.57. The molecule has 0 bridgehead atoms. The molecule has 134 valence electrons. The molecule has 0 unspecified atom stereocenters. The monoisotopic (exact) mass is 400 g/mol. The fraction of sp³-hybridized carbons (Fsp3) is 0.0588. The van der Waals surface area contributed by atoms with Crippen LogP contribution in [0.1, 0.15) is 10.4 Å². The van der Waals surface area contributed by atoms with Gasteiger partial charge in [0.25, 0.3) is 0 Å². The smallest absolute Gasteiger partial charge is 0.406 e. The van der Waals surface area contributed by atoms with E-state index in [4.69, 9.17) is 28.5 Å². The minimum absolute atomic E-state index is 0.0308. The zero-order valence-electron chi connectivity index (χ0n) is 12.8. The summed E-state index contributed by atoms with van der Waals surface area (Å²) in [5, 5.41) is 12.5. The SMILES string of the molecule is N#C/C(=C/Nc1ccc(Cl)c(Cl)c1)C(=O)c1ccc(OC(F)(F)F)cc1. The second-order valence-electron chi connectivity index (χ2n) is 4.84. The Morgan fingerprint density at radius 1 is 1.12 bits per heavy atom. The fourth-order valence-electron chi connectivity index (χ4n) is 1.85. The number of hydrogen-bond donors (Lipinski definition) is 1. The lowest BCUT2D eigenvalue weighted by Crippen LogP contribution is -2.17. The van der Waals surface area contributed by atoms with E-state index in [2.05, 4.69) is 10.1 Å². The van der Waals surface area contributed by atoms with Gasteiger partial charge in [0, 0.05) is 17.5 Å². The number of carbonyl (C=O) groups excluding carboxylic acids is 1. The van der Waals surface area contributed by atoms with Crippen LogP contribution in [0.25, 0.3) is 0 Å². The van der Waals surface area contributed by atoms with Crippen molar-refractivity contribution in [1.82, 2.24) is 0 Å². The molecule has 0 amide bonds. The van der Waals surface area contributed by atoms with Gasteiger partial charge in [-0.15, -0.1) is 13.2 Å². The number of hydrogen-bond acceptors (Lipinski definition) is 4. The van der Waals surface area contributed by atoms with Crippen molar-refractivity contribution < 1.29 is 22.7 Å². The summed E-state index contributed by atoms with van der Waals surface area (Å²) in [6.07, 6.45) is -3.66. The van der Waals surface area contributed by atoms with Crippen LogP contribution in [-0.4, -0.2) is 12.1 Å². The Morgan fingerprint density at radius 3 is 2.31 bits per heavy atom. The summed E-state index contributed by atoms with van der Waals surface area (Å²) in [5.41, 5.74) is 0.276. The molecule has 0 fully saturated rings. The van der Waals surface area contributed by atoms with Gasteiger partial charge < -0.3 is 10.1 Å². The molecule has 0 aliphatic carbocycles. The van der Waals surface area contributed by atoms with Crippen molar-refractivity contribution in [2.24, 2.45) is 0 Å². The first-order chi connectivity index (χ1) is 12.2. The highest BCUT2D eigenvalue weighted by Crippen LogP contribution is 2.26. The van der Waals surface area contributed by atoms with E-state index in [1.54, 1.807) is 12.1 Å². The molecule has 2 aromatic carbocycles. The summed E-state index contributed by atoms with van der Waals surface area (Å²) < 4.78 is 40.1. The van der Waals surface area contributed by atoms with E-state index < -0.39 is 17.9 Å². The van der Waals surface area contributed by atoms with Gasteiger partial charge in [0.05, 0.1) is 10.0 Å². The van der Waals surface area contributed by atoms with Crippen LogP contribution in [0.4, 0.5) is 18.9 Å². The van der Waals surface area contributed by atoms with Gasteiger partial charge >= 0.3 is 6.36 Å². The number of benzene rings is 2. The zero-order chi connectivity index (χ0) is 19.3. The molecule has 0 saturated carbocycles. The highest BCUT2D eigenvalue weighted by molar-refractivity contribution is 6.42. The van der Waals surface area contributed by atoms with Gasteiger partial charge in [0.1, 0.15) is 17.4 Å². The van der Waals surface area contributed by atoms with E-state index in [1.807, 2.05) is 0 Å². The van der Waals surface area contributed by atoms with Crippen molar-refractivity contribution in [3.05, 3.63) is 69.8 Å². The van der Waals surface area contributed by atoms with Crippen LogP contribution in [-0.2, 0) is 0 Å². The largest absolute Gasteiger partial charge is 0.573 e. The molecular weight excluding hydrogens is 392 g/mol. The molecular formula is C17H9Cl2F3N2O2. The number of nitriles is 1. The Balaban J connectivity index is 2.15. The molecule has 9 heteroatoms. The fourth-order valence-corrected chi connectivity index (χ4v) is 2.15. The third kappa shape index (κ3) is 5.41. The van der Waals surface area contributed by atoms with Crippen LogP contribution in [0, 0.1) is 11.3 Å². The van der Waals surface area contributed by atoms with E-state index in [0.29, 0.717) is 10.7 Å². The number of Topliss-reactive ketones (excluding diaryl/α,β-unsaturated/α-hetero) is 1. The maximum atomic E-state index is 12.3. The molecule has 0 saturated heterocycles. The first-order valence-electron chi connectivity index (χ1n) is 6.92. The second kappa shape index (κ2) is 8.13. The van der Waals surface area contributed by atoms with E-state index in [-0.39, 0.29) is 16.2 Å². The minimum atomic E-state index is -4.83. The normalized spacial score (nSPS) is 11.6. The van der Waals surface area contributed by atoms with Gasteiger partial charge in [0.15, 0.2) is 0 Å². The topological polar surface area (TPSA) is 62.1 Å². The van der Waals surface area contributed by atoms with E-state index in [1.165, 1.54) is 18.3 Å². The summed E-state index contributed by atoms with van der Waals surface area (Å²) in [4.78, 5) is 12.3. The number of rotatable bonds is 5. The van der Waals surface area contributed by atoms with Crippen molar-refractivity contribution in [1.29, 1.82) is 5.26 Å². The quantitative estimate of drug-likeness (QED) is 0.403. The molecule has 0 radical (unpaired) electrons. The average molecular weight is 401 g/mol. The first kappa shape index (κ1) is 19.6.